The maximum absolute atomic E-state index is 15.3. The molecule has 2 aliphatic rings. The molecule has 2 fully saturated rings. The van der Waals surface area contributed by atoms with Gasteiger partial charge in [-0.1, -0.05) is 6.07 Å². The van der Waals surface area contributed by atoms with Crippen LogP contribution in [0.1, 0.15) is 49.9 Å². The van der Waals surface area contributed by atoms with Crippen molar-refractivity contribution in [2.24, 2.45) is 5.92 Å². The number of nitrogens with one attached hydrogen (secondary N) is 1. The average molecular weight is 467 g/mol. The zero-order valence-electron chi connectivity index (χ0n) is 17.5. The number of β-amino-alcohol motifs (C(OH)–C–C–N with tert-alkyl or cyclic N) is 1. The molecule has 1 aliphatic carbocycles. The van der Waals surface area contributed by atoms with E-state index in [0.29, 0.717) is 0 Å². The number of halogens is 6. The lowest BCUT2D eigenvalue weighted by Gasteiger charge is -2.27. The van der Waals surface area contributed by atoms with Crippen molar-refractivity contribution in [2.45, 2.75) is 62.4 Å². The van der Waals surface area contributed by atoms with E-state index in [9.17, 15) is 31.9 Å². The van der Waals surface area contributed by atoms with Crippen LogP contribution >= 0.6 is 0 Å². The SMILES string of the molecule is O=C(NCC[C@@H](O)CN1CCC(F)(c2cccc(C(F)(F)F)n2)C1)C1CCC(F)(F)CC1. The molecule has 1 saturated heterocycles. The quantitative estimate of drug-likeness (QED) is 0.601. The first-order valence-electron chi connectivity index (χ1n) is 10.7. The van der Waals surface area contributed by atoms with E-state index in [0.717, 1.165) is 12.1 Å². The molecule has 3 rings (SSSR count). The number of rotatable bonds is 7. The molecule has 1 amide bonds. The number of aliphatic hydroxyl groups is 1. The van der Waals surface area contributed by atoms with Crippen LogP contribution in [0.4, 0.5) is 26.3 Å². The lowest BCUT2D eigenvalue weighted by Crippen LogP contribution is -2.38. The Hall–Kier alpha value is -1.88. The fraction of sp³-hybridized carbons (Fsp3) is 0.714. The first-order valence-corrected chi connectivity index (χ1v) is 10.7. The number of alkyl halides is 6. The molecular weight excluding hydrogens is 440 g/mol. The minimum Gasteiger partial charge on any atom is -0.392 e. The van der Waals surface area contributed by atoms with Crippen LogP contribution in [0.2, 0.25) is 0 Å². The second-order valence-corrected chi connectivity index (χ2v) is 8.72. The highest BCUT2D eigenvalue weighted by molar-refractivity contribution is 5.78. The standard InChI is InChI=1S/C21H27F6N3O2/c22-19(16-2-1-3-17(29-16)21(25,26)27)9-11-30(13-19)12-15(31)6-10-28-18(32)14-4-7-20(23,24)8-5-14/h1-3,14-15,31H,4-13H2,(H,28,32)/t15-,19?/m1/s1. The molecule has 2 N–H and O–H groups in total. The molecule has 32 heavy (non-hydrogen) atoms. The van der Waals surface area contributed by atoms with Gasteiger partial charge < -0.3 is 10.4 Å². The van der Waals surface area contributed by atoms with E-state index in [2.05, 4.69) is 10.3 Å². The molecule has 1 unspecified atom stereocenters. The summed E-state index contributed by atoms with van der Waals surface area (Å²) in [6, 6.07) is 3.14. The monoisotopic (exact) mass is 467 g/mol. The fourth-order valence-electron chi connectivity index (χ4n) is 4.25. The number of hydrogen-bond acceptors (Lipinski definition) is 4. The zero-order valence-corrected chi connectivity index (χ0v) is 17.5. The molecule has 0 bridgehead atoms. The molecule has 0 radical (unpaired) electrons. The Morgan fingerprint density at radius 3 is 2.56 bits per heavy atom. The smallest absolute Gasteiger partial charge is 0.392 e. The van der Waals surface area contributed by atoms with Crippen LogP contribution in [0.3, 0.4) is 0 Å². The molecule has 2 atom stereocenters. The Morgan fingerprint density at radius 1 is 1.22 bits per heavy atom. The van der Waals surface area contributed by atoms with Crippen molar-refractivity contribution in [3.05, 3.63) is 29.6 Å². The van der Waals surface area contributed by atoms with Crippen molar-refractivity contribution in [1.82, 2.24) is 15.2 Å². The Kier molecular flexibility index (Phi) is 7.38. The maximum Gasteiger partial charge on any atom is 0.433 e. The second-order valence-electron chi connectivity index (χ2n) is 8.72. The van der Waals surface area contributed by atoms with E-state index in [1.807, 2.05) is 0 Å². The molecule has 1 aromatic heterocycles. The van der Waals surface area contributed by atoms with E-state index < -0.39 is 35.5 Å². The van der Waals surface area contributed by atoms with Gasteiger partial charge in [0.1, 0.15) is 5.69 Å². The van der Waals surface area contributed by atoms with E-state index in [1.165, 1.54) is 6.07 Å². The molecule has 0 spiro atoms. The summed E-state index contributed by atoms with van der Waals surface area (Å²) >= 11 is 0. The predicted molar refractivity (Wildman–Crippen MR) is 104 cm³/mol. The Bertz CT molecular complexity index is 796. The Balaban J connectivity index is 1.43. The van der Waals surface area contributed by atoms with Crippen molar-refractivity contribution >= 4 is 5.91 Å². The average Bonchev–Trinajstić information content (AvgIpc) is 3.09. The van der Waals surface area contributed by atoms with Crippen molar-refractivity contribution in [1.29, 1.82) is 0 Å². The number of aromatic nitrogens is 1. The van der Waals surface area contributed by atoms with Gasteiger partial charge in [0.15, 0.2) is 5.67 Å². The van der Waals surface area contributed by atoms with Crippen LogP contribution in [-0.2, 0) is 16.6 Å². The molecular formula is C21H27F6N3O2. The number of amides is 1. The normalized spacial score (nSPS) is 25.6. The molecule has 5 nitrogen and oxygen atoms in total. The highest BCUT2D eigenvalue weighted by atomic mass is 19.4. The van der Waals surface area contributed by atoms with Crippen LogP contribution in [0, 0.1) is 5.92 Å². The van der Waals surface area contributed by atoms with Crippen LogP contribution in [-0.4, -0.2) is 59.1 Å². The molecule has 180 valence electrons. The first kappa shape index (κ1) is 24.8. The third-order valence-corrected chi connectivity index (χ3v) is 6.13. The number of nitrogens with zero attached hydrogens (tertiary/aromatic N) is 2. The number of aliphatic hydroxyl groups excluding tert-OH is 1. The molecule has 1 aliphatic heterocycles. The van der Waals surface area contributed by atoms with Crippen molar-refractivity contribution in [3.63, 3.8) is 0 Å². The lowest BCUT2D eigenvalue weighted by atomic mass is 9.86. The first-order chi connectivity index (χ1) is 14.9. The van der Waals surface area contributed by atoms with Gasteiger partial charge in [-0.2, -0.15) is 13.2 Å². The molecule has 1 aromatic rings. The van der Waals surface area contributed by atoms with Gasteiger partial charge in [-0.05, 0) is 31.4 Å². The number of likely N-dealkylation sites (tertiary alicyclic amines) is 1. The van der Waals surface area contributed by atoms with E-state index >= 15 is 4.39 Å². The lowest BCUT2D eigenvalue weighted by molar-refractivity contribution is -0.141. The maximum atomic E-state index is 15.3. The summed E-state index contributed by atoms with van der Waals surface area (Å²) in [7, 11) is 0. The summed E-state index contributed by atoms with van der Waals surface area (Å²) in [6.07, 6.45) is -5.78. The largest absolute Gasteiger partial charge is 0.433 e. The molecule has 0 aromatic carbocycles. The van der Waals surface area contributed by atoms with Gasteiger partial charge in [0.05, 0.1) is 11.8 Å². The summed E-state index contributed by atoms with van der Waals surface area (Å²) < 4.78 is 80.2. The van der Waals surface area contributed by atoms with Gasteiger partial charge in [-0.3, -0.25) is 9.69 Å². The minimum atomic E-state index is -4.66. The predicted octanol–water partition coefficient (Wildman–Crippen LogP) is 3.66. The molecule has 11 heteroatoms. The van der Waals surface area contributed by atoms with Gasteiger partial charge in [0, 0.05) is 51.4 Å². The summed E-state index contributed by atoms with van der Waals surface area (Å²) in [5.74, 6) is -3.48. The second kappa shape index (κ2) is 9.54. The highest BCUT2D eigenvalue weighted by Crippen LogP contribution is 2.37. The van der Waals surface area contributed by atoms with Gasteiger partial charge >= 0.3 is 6.18 Å². The molecule has 2 heterocycles. The number of carbonyl (C=O) groups is 1. The van der Waals surface area contributed by atoms with E-state index in [1.54, 1.807) is 4.90 Å². The third kappa shape index (κ3) is 6.34. The third-order valence-electron chi connectivity index (χ3n) is 6.13. The summed E-state index contributed by atoms with van der Waals surface area (Å²) in [6.45, 7) is 0.294. The van der Waals surface area contributed by atoms with Crippen LogP contribution in [0.15, 0.2) is 18.2 Å². The summed E-state index contributed by atoms with van der Waals surface area (Å²) in [5.41, 5.74) is -3.48. The van der Waals surface area contributed by atoms with Crippen LogP contribution in [0.25, 0.3) is 0 Å². The fourth-order valence-corrected chi connectivity index (χ4v) is 4.25. The Labute approximate surface area is 182 Å². The van der Waals surface area contributed by atoms with Crippen LogP contribution in [0.5, 0.6) is 0 Å². The minimum absolute atomic E-state index is 0.0446. The van der Waals surface area contributed by atoms with Crippen molar-refractivity contribution < 1.29 is 36.2 Å². The van der Waals surface area contributed by atoms with Crippen molar-refractivity contribution in [2.75, 3.05) is 26.2 Å². The highest BCUT2D eigenvalue weighted by Gasteiger charge is 2.43. The topological polar surface area (TPSA) is 65.5 Å². The van der Waals surface area contributed by atoms with Gasteiger partial charge in [-0.25, -0.2) is 18.2 Å². The van der Waals surface area contributed by atoms with E-state index in [-0.39, 0.29) is 76.3 Å². The number of pyridine rings is 1. The molecule has 1 saturated carbocycles. The van der Waals surface area contributed by atoms with Gasteiger partial charge in [0.2, 0.25) is 11.8 Å². The number of carbonyl (C=O) groups excluding carboxylic acids is 1. The van der Waals surface area contributed by atoms with Gasteiger partial charge in [0.25, 0.3) is 0 Å². The zero-order chi connectivity index (χ0) is 23.6. The summed E-state index contributed by atoms with van der Waals surface area (Å²) in [5, 5.41) is 12.9. The van der Waals surface area contributed by atoms with Gasteiger partial charge in [-0.15, -0.1) is 0 Å². The van der Waals surface area contributed by atoms with Crippen LogP contribution < -0.4 is 5.32 Å². The Morgan fingerprint density at radius 2 is 1.91 bits per heavy atom. The van der Waals surface area contributed by atoms with Crippen molar-refractivity contribution in [3.8, 4) is 0 Å². The number of hydrogen-bond donors (Lipinski definition) is 2. The van der Waals surface area contributed by atoms with E-state index in [4.69, 9.17) is 0 Å². The summed E-state index contributed by atoms with van der Waals surface area (Å²) in [4.78, 5) is 17.1.